The fourth-order valence-corrected chi connectivity index (χ4v) is 3.75. The molecule has 0 amide bonds. The normalized spacial score (nSPS) is 18.0. The highest BCUT2D eigenvalue weighted by Crippen LogP contribution is 2.30. The predicted molar refractivity (Wildman–Crippen MR) is 100 cm³/mol. The van der Waals surface area contributed by atoms with Crippen molar-refractivity contribution in [2.45, 2.75) is 58.5 Å². The lowest BCUT2D eigenvalue weighted by Gasteiger charge is -2.35. The van der Waals surface area contributed by atoms with Gasteiger partial charge in [0.05, 0.1) is 18.5 Å². The second kappa shape index (κ2) is 7.74. The third-order valence-corrected chi connectivity index (χ3v) is 5.60. The molecule has 0 aromatic carbocycles. The van der Waals surface area contributed by atoms with E-state index >= 15 is 0 Å². The molecule has 1 aliphatic heterocycles. The monoisotopic (exact) mass is 355 g/mol. The number of hydrogen-bond acceptors (Lipinski definition) is 5. The number of nitrogens with zero attached hydrogens (tertiary/aromatic N) is 5. The van der Waals surface area contributed by atoms with Crippen molar-refractivity contribution in [3.05, 3.63) is 35.5 Å². The summed E-state index contributed by atoms with van der Waals surface area (Å²) in [7, 11) is 0. The van der Waals surface area contributed by atoms with Gasteiger partial charge in [0, 0.05) is 50.3 Å². The van der Waals surface area contributed by atoms with E-state index in [1.54, 1.807) is 6.33 Å². The fraction of sp³-hybridized carbons (Fsp3) is 0.650. The molecule has 2 aromatic heterocycles. The Balaban J connectivity index is 1.36. The number of aromatic nitrogens is 4. The van der Waals surface area contributed by atoms with Gasteiger partial charge in [0.2, 0.25) is 5.88 Å². The first-order valence-corrected chi connectivity index (χ1v) is 9.90. The van der Waals surface area contributed by atoms with Crippen molar-refractivity contribution in [2.75, 3.05) is 19.7 Å². The minimum absolute atomic E-state index is 0.389. The maximum absolute atomic E-state index is 6.06. The molecule has 4 rings (SSSR count). The van der Waals surface area contributed by atoms with Crippen LogP contribution >= 0.6 is 0 Å². The molecule has 0 atom stereocenters. The molecular weight excluding hydrogens is 326 g/mol. The molecule has 1 fully saturated rings. The first-order valence-electron chi connectivity index (χ1n) is 9.90. The van der Waals surface area contributed by atoms with Crippen LogP contribution in [0.2, 0.25) is 0 Å². The minimum atomic E-state index is 0.389. The molecule has 1 saturated carbocycles. The van der Waals surface area contributed by atoms with E-state index in [1.807, 2.05) is 10.9 Å². The standard InChI is InChI=1S/C20H29N5O/c1-15(2)25-12-17(10-23-25)7-9-26-20-18-13-24(11-16-4-3-5-16)8-6-19(18)21-14-22-20/h10,12,14-16H,3-9,11,13H2,1-2H3. The molecular formula is C20H29N5O. The Bertz CT molecular complexity index is 738. The summed E-state index contributed by atoms with van der Waals surface area (Å²) in [5.41, 5.74) is 3.55. The van der Waals surface area contributed by atoms with Gasteiger partial charge >= 0.3 is 0 Å². The Morgan fingerprint density at radius 3 is 2.88 bits per heavy atom. The molecule has 140 valence electrons. The van der Waals surface area contributed by atoms with E-state index in [2.05, 4.69) is 40.0 Å². The van der Waals surface area contributed by atoms with Crippen molar-refractivity contribution in [3.63, 3.8) is 0 Å². The quantitative estimate of drug-likeness (QED) is 0.764. The Morgan fingerprint density at radius 2 is 2.15 bits per heavy atom. The summed E-state index contributed by atoms with van der Waals surface area (Å²) in [6, 6.07) is 0.389. The van der Waals surface area contributed by atoms with Crippen molar-refractivity contribution in [2.24, 2.45) is 5.92 Å². The minimum Gasteiger partial charge on any atom is -0.477 e. The van der Waals surface area contributed by atoms with Gasteiger partial charge < -0.3 is 4.74 Å². The summed E-state index contributed by atoms with van der Waals surface area (Å²) in [6.45, 7) is 8.13. The van der Waals surface area contributed by atoms with Crippen molar-refractivity contribution < 1.29 is 4.74 Å². The molecule has 2 aliphatic rings. The molecule has 0 spiro atoms. The summed E-state index contributed by atoms with van der Waals surface area (Å²) in [6.07, 6.45) is 11.7. The van der Waals surface area contributed by atoms with Gasteiger partial charge in [0.15, 0.2) is 0 Å². The first-order chi connectivity index (χ1) is 12.7. The lowest BCUT2D eigenvalue weighted by atomic mass is 9.84. The summed E-state index contributed by atoms with van der Waals surface area (Å²) >= 11 is 0. The third kappa shape index (κ3) is 3.90. The van der Waals surface area contributed by atoms with Crippen LogP contribution in [-0.4, -0.2) is 44.3 Å². The molecule has 6 heteroatoms. The van der Waals surface area contributed by atoms with Gasteiger partial charge in [-0.2, -0.15) is 5.10 Å². The van der Waals surface area contributed by atoms with Crippen molar-refractivity contribution >= 4 is 0 Å². The highest BCUT2D eigenvalue weighted by atomic mass is 16.5. The molecule has 3 heterocycles. The fourth-order valence-electron chi connectivity index (χ4n) is 3.75. The zero-order valence-electron chi connectivity index (χ0n) is 15.9. The highest BCUT2D eigenvalue weighted by Gasteiger charge is 2.26. The molecule has 0 bridgehead atoms. The van der Waals surface area contributed by atoms with E-state index in [-0.39, 0.29) is 0 Å². The molecule has 0 saturated heterocycles. The van der Waals surface area contributed by atoms with E-state index in [0.717, 1.165) is 43.4 Å². The van der Waals surface area contributed by atoms with Crippen molar-refractivity contribution in [3.8, 4) is 5.88 Å². The summed E-state index contributed by atoms with van der Waals surface area (Å²) in [5, 5.41) is 4.39. The number of hydrogen-bond donors (Lipinski definition) is 0. The third-order valence-electron chi connectivity index (χ3n) is 5.60. The van der Waals surface area contributed by atoms with Gasteiger partial charge in [0.25, 0.3) is 0 Å². The van der Waals surface area contributed by atoms with Gasteiger partial charge in [-0.25, -0.2) is 9.97 Å². The van der Waals surface area contributed by atoms with Crippen LogP contribution in [0.3, 0.4) is 0 Å². The molecule has 1 aliphatic carbocycles. The van der Waals surface area contributed by atoms with Crippen molar-refractivity contribution in [1.29, 1.82) is 0 Å². The Kier molecular flexibility index (Phi) is 5.20. The van der Waals surface area contributed by atoms with Gasteiger partial charge in [-0.15, -0.1) is 0 Å². The van der Waals surface area contributed by atoms with Crippen molar-refractivity contribution in [1.82, 2.24) is 24.6 Å². The number of fused-ring (bicyclic) bond motifs is 1. The zero-order valence-corrected chi connectivity index (χ0v) is 15.9. The molecule has 6 nitrogen and oxygen atoms in total. The molecule has 0 radical (unpaired) electrons. The van der Waals surface area contributed by atoms with Gasteiger partial charge in [-0.05, 0) is 38.2 Å². The van der Waals surface area contributed by atoms with E-state index in [0.29, 0.717) is 12.6 Å². The molecule has 0 unspecified atom stereocenters. The Morgan fingerprint density at radius 1 is 1.27 bits per heavy atom. The van der Waals surface area contributed by atoms with Crippen LogP contribution < -0.4 is 4.74 Å². The van der Waals surface area contributed by atoms with Crippen LogP contribution in [0.15, 0.2) is 18.7 Å². The Labute approximate surface area is 155 Å². The lowest BCUT2D eigenvalue weighted by Crippen LogP contribution is -2.37. The summed E-state index contributed by atoms with van der Waals surface area (Å²) in [4.78, 5) is 11.5. The van der Waals surface area contributed by atoms with Crippen LogP contribution in [0.4, 0.5) is 0 Å². The SMILES string of the molecule is CC(C)n1cc(CCOc2ncnc3c2CN(CC2CCC2)CC3)cn1. The lowest BCUT2D eigenvalue weighted by molar-refractivity contribution is 0.161. The average Bonchev–Trinajstić information content (AvgIpc) is 3.08. The van der Waals surface area contributed by atoms with E-state index in [1.165, 1.54) is 36.9 Å². The van der Waals surface area contributed by atoms with Gasteiger partial charge in [-0.1, -0.05) is 6.42 Å². The highest BCUT2D eigenvalue weighted by molar-refractivity contribution is 5.31. The number of ether oxygens (including phenoxy) is 1. The van der Waals surface area contributed by atoms with Crippen LogP contribution in [0.25, 0.3) is 0 Å². The maximum Gasteiger partial charge on any atom is 0.221 e. The van der Waals surface area contributed by atoms with Crippen LogP contribution in [0, 0.1) is 5.92 Å². The topological polar surface area (TPSA) is 56.1 Å². The summed E-state index contributed by atoms with van der Waals surface area (Å²) in [5.74, 6) is 1.66. The second-order valence-electron chi connectivity index (χ2n) is 7.91. The molecule has 2 aromatic rings. The number of rotatable bonds is 7. The second-order valence-corrected chi connectivity index (χ2v) is 7.91. The largest absolute Gasteiger partial charge is 0.477 e. The average molecular weight is 355 g/mol. The smallest absolute Gasteiger partial charge is 0.221 e. The zero-order chi connectivity index (χ0) is 17.9. The first kappa shape index (κ1) is 17.5. The van der Waals surface area contributed by atoms with Crippen LogP contribution in [0.1, 0.15) is 56.0 Å². The van der Waals surface area contributed by atoms with Crippen LogP contribution in [-0.2, 0) is 19.4 Å². The van der Waals surface area contributed by atoms with Gasteiger partial charge in [0.1, 0.15) is 6.33 Å². The Hall–Kier alpha value is -1.95. The van der Waals surface area contributed by atoms with E-state index in [9.17, 15) is 0 Å². The molecule has 26 heavy (non-hydrogen) atoms. The molecule has 0 N–H and O–H groups in total. The van der Waals surface area contributed by atoms with E-state index in [4.69, 9.17) is 4.74 Å². The predicted octanol–water partition coefficient (Wildman–Crippen LogP) is 3.03. The maximum atomic E-state index is 6.06. The van der Waals surface area contributed by atoms with Gasteiger partial charge in [-0.3, -0.25) is 9.58 Å². The summed E-state index contributed by atoms with van der Waals surface area (Å²) < 4.78 is 8.04. The van der Waals surface area contributed by atoms with E-state index < -0.39 is 0 Å². The van der Waals surface area contributed by atoms with Crippen LogP contribution in [0.5, 0.6) is 5.88 Å².